The maximum Gasteiger partial charge on any atom is 0.118 e. The molecule has 0 aliphatic carbocycles. The van der Waals surface area contributed by atoms with Gasteiger partial charge in [-0.2, -0.15) is 0 Å². The summed E-state index contributed by atoms with van der Waals surface area (Å²) in [5, 5.41) is 9.93. The molecule has 3 nitrogen and oxygen atoms in total. The lowest BCUT2D eigenvalue weighted by Crippen LogP contribution is -1.91. The smallest absolute Gasteiger partial charge is 0.118 e. The third kappa shape index (κ3) is 2.13. The molecule has 1 heterocycles. The monoisotopic (exact) mass is 270 g/mol. The SMILES string of the molecule is COc1ccc(-c2nnc3ccccc3c2Cl)cc1. The summed E-state index contributed by atoms with van der Waals surface area (Å²) in [6.07, 6.45) is 0. The van der Waals surface area contributed by atoms with Crippen LogP contribution in [0.5, 0.6) is 5.75 Å². The molecule has 0 N–H and O–H groups in total. The standard InChI is InChI=1S/C15H11ClN2O/c1-19-11-8-6-10(7-9-11)15-14(16)12-4-2-3-5-13(12)17-18-15/h2-9H,1H3. The van der Waals surface area contributed by atoms with Gasteiger partial charge < -0.3 is 4.74 Å². The zero-order valence-electron chi connectivity index (χ0n) is 10.3. The molecule has 19 heavy (non-hydrogen) atoms. The highest BCUT2D eigenvalue weighted by Crippen LogP contribution is 2.31. The number of benzene rings is 2. The van der Waals surface area contributed by atoms with Gasteiger partial charge in [0.05, 0.1) is 17.6 Å². The third-order valence-corrected chi connectivity index (χ3v) is 3.35. The highest BCUT2D eigenvalue weighted by atomic mass is 35.5. The molecule has 94 valence electrons. The molecule has 3 aromatic rings. The normalized spacial score (nSPS) is 10.6. The van der Waals surface area contributed by atoms with Crippen LogP contribution >= 0.6 is 11.6 Å². The summed E-state index contributed by atoms with van der Waals surface area (Å²) in [4.78, 5) is 0. The van der Waals surface area contributed by atoms with E-state index in [0.29, 0.717) is 10.7 Å². The van der Waals surface area contributed by atoms with Crippen LogP contribution in [0.25, 0.3) is 22.2 Å². The molecule has 4 heteroatoms. The van der Waals surface area contributed by atoms with Gasteiger partial charge in [0.1, 0.15) is 11.4 Å². The van der Waals surface area contributed by atoms with Gasteiger partial charge in [-0.05, 0) is 30.3 Å². The van der Waals surface area contributed by atoms with E-state index in [2.05, 4.69) is 10.2 Å². The number of halogens is 1. The highest BCUT2D eigenvalue weighted by molar-refractivity contribution is 6.37. The maximum atomic E-state index is 6.42. The lowest BCUT2D eigenvalue weighted by Gasteiger charge is -2.06. The lowest BCUT2D eigenvalue weighted by atomic mass is 10.1. The second kappa shape index (κ2) is 4.86. The van der Waals surface area contributed by atoms with Gasteiger partial charge in [0, 0.05) is 10.9 Å². The van der Waals surface area contributed by atoms with Crippen LogP contribution < -0.4 is 4.74 Å². The van der Waals surface area contributed by atoms with E-state index in [4.69, 9.17) is 16.3 Å². The van der Waals surface area contributed by atoms with Gasteiger partial charge in [-0.25, -0.2) is 0 Å². The van der Waals surface area contributed by atoms with Crippen LogP contribution in [-0.4, -0.2) is 17.3 Å². The van der Waals surface area contributed by atoms with Gasteiger partial charge in [0.2, 0.25) is 0 Å². The van der Waals surface area contributed by atoms with E-state index >= 15 is 0 Å². The zero-order chi connectivity index (χ0) is 13.2. The zero-order valence-corrected chi connectivity index (χ0v) is 11.1. The van der Waals surface area contributed by atoms with Gasteiger partial charge in [-0.15, -0.1) is 10.2 Å². The minimum Gasteiger partial charge on any atom is -0.497 e. The number of nitrogens with zero attached hydrogens (tertiary/aromatic N) is 2. The first-order valence-corrected chi connectivity index (χ1v) is 6.23. The summed E-state index contributed by atoms with van der Waals surface area (Å²) in [6, 6.07) is 15.3. The number of rotatable bonds is 2. The molecule has 0 atom stereocenters. The number of methoxy groups -OCH3 is 1. The third-order valence-electron chi connectivity index (χ3n) is 2.97. The van der Waals surface area contributed by atoms with Crippen LogP contribution in [0.15, 0.2) is 48.5 Å². The van der Waals surface area contributed by atoms with Crippen molar-refractivity contribution in [3.63, 3.8) is 0 Å². The van der Waals surface area contributed by atoms with Gasteiger partial charge in [0.25, 0.3) is 0 Å². The highest BCUT2D eigenvalue weighted by Gasteiger charge is 2.10. The number of fused-ring (bicyclic) bond motifs is 1. The fraction of sp³-hybridized carbons (Fsp3) is 0.0667. The predicted molar refractivity (Wildman–Crippen MR) is 76.5 cm³/mol. The fourth-order valence-corrected chi connectivity index (χ4v) is 2.26. The van der Waals surface area contributed by atoms with Crippen LogP contribution in [0.4, 0.5) is 0 Å². The van der Waals surface area contributed by atoms with Crippen LogP contribution in [0.2, 0.25) is 5.02 Å². The van der Waals surface area contributed by atoms with Crippen LogP contribution in [0, 0.1) is 0 Å². The van der Waals surface area contributed by atoms with Gasteiger partial charge >= 0.3 is 0 Å². The van der Waals surface area contributed by atoms with Crippen molar-refractivity contribution in [2.45, 2.75) is 0 Å². The molecule has 0 bridgehead atoms. The van der Waals surface area contributed by atoms with Gasteiger partial charge in [0.15, 0.2) is 0 Å². The summed E-state index contributed by atoms with van der Waals surface area (Å²) >= 11 is 6.42. The Balaban J connectivity index is 2.16. The summed E-state index contributed by atoms with van der Waals surface area (Å²) in [6.45, 7) is 0. The average molecular weight is 271 g/mol. The molecule has 0 saturated heterocycles. The Hall–Kier alpha value is -2.13. The topological polar surface area (TPSA) is 35.0 Å². The van der Waals surface area contributed by atoms with E-state index in [1.165, 1.54) is 0 Å². The van der Waals surface area contributed by atoms with E-state index in [1.807, 2.05) is 48.5 Å². The fourth-order valence-electron chi connectivity index (χ4n) is 1.96. The maximum absolute atomic E-state index is 6.42. The summed E-state index contributed by atoms with van der Waals surface area (Å²) in [5.41, 5.74) is 2.40. The van der Waals surface area contributed by atoms with Crippen molar-refractivity contribution in [1.82, 2.24) is 10.2 Å². The molecule has 3 rings (SSSR count). The Labute approximate surface area is 115 Å². The number of hydrogen-bond donors (Lipinski definition) is 0. The van der Waals surface area contributed by atoms with Crippen molar-refractivity contribution in [2.75, 3.05) is 7.11 Å². The van der Waals surface area contributed by atoms with Crippen molar-refractivity contribution in [2.24, 2.45) is 0 Å². The van der Waals surface area contributed by atoms with E-state index in [1.54, 1.807) is 7.11 Å². The van der Waals surface area contributed by atoms with Crippen molar-refractivity contribution in [3.8, 4) is 17.0 Å². The Kier molecular flexibility index (Phi) is 3.05. The summed E-state index contributed by atoms with van der Waals surface area (Å²) < 4.78 is 5.14. The molecular formula is C15H11ClN2O. The largest absolute Gasteiger partial charge is 0.497 e. The molecule has 2 aromatic carbocycles. The minimum absolute atomic E-state index is 0.621. The molecule has 0 unspecified atom stereocenters. The lowest BCUT2D eigenvalue weighted by molar-refractivity contribution is 0.415. The minimum atomic E-state index is 0.621. The van der Waals surface area contributed by atoms with Crippen LogP contribution in [0.3, 0.4) is 0 Å². The second-order valence-electron chi connectivity index (χ2n) is 4.11. The molecule has 1 aromatic heterocycles. The second-order valence-corrected chi connectivity index (χ2v) is 4.49. The number of aromatic nitrogens is 2. The molecule has 0 amide bonds. The van der Waals surface area contributed by atoms with E-state index < -0.39 is 0 Å². The van der Waals surface area contributed by atoms with E-state index in [9.17, 15) is 0 Å². The average Bonchev–Trinajstić information content (AvgIpc) is 2.48. The quantitative estimate of drug-likeness (QED) is 0.707. The van der Waals surface area contributed by atoms with Gasteiger partial charge in [-0.1, -0.05) is 29.8 Å². The molecule has 0 fully saturated rings. The van der Waals surface area contributed by atoms with Crippen LogP contribution in [0.1, 0.15) is 0 Å². The first-order chi connectivity index (χ1) is 9.29. The number of ether oxygens (including phenoxy) is 1. The van der Waals surface area contributed by atoms with Crippen molar-refractivity contribution in [1.29, 1.82) is 0 Å². The Morgan fingerprint density at radius 1 is 0.947 bits per heavy atom. The molecule has 0 saturated carbocycles. The molecule has 0 radical (unpaired) electrons. The number of hydrogen-bond acceptors (Lipinski definition) is 3. The van der Waals surface area contributed by atoms with Gasteiger partial charge in [-0.3, -0.25) is 0 Å². The van der Waals surface area contributed by atoms with E-state index in [-0.39, 0.29) is 0 Å². The molecule has 0 aliphatic heterocycles. The van der Waals surface area contributed by atoms with Crippen molar-refractivity contribution in [3.05, 3.63) is 53.6 Å². The van der Waals surface area contributed by atoms with Crippen molar-refractivity contribution < 1.29 is 4.74 Å². The molecular weight excluding hydrogens is 260 g/mol. The van der Waals surface area contributed by atoms with E-state index in [0.717, 1.165) is 22.2 Å². The summed E-state index contributed by atoms with van der Waals surface area (Å²) in [7, 11) is 1.64. The molecule has 0 spiro atoms. The Morgan fingerprint density at radius 3 is 2.42 bits per heavy atom. The first-order valence-electron chi connectivity index (χ1n) is 5.85. The van der Waals surface area contributed by atoms with Crippen LogP contribution in [-0.2, 0) is 0 Å². The molecule has 0 aliphatic rings. The Bertz CT molecular complexity index is 726. The Morgan fingerprint density at radius 2 is 1.68 bits per heavy atom. The predicted octanol–water partition coefficient (Wildman–Crippen LogP) is 3.96. The first kappa shape index (κ1) is 11.9. The van der Waals surface area contributed by atoms with Crippen molar-refractivity contribution >= 4 is 22.5 Å². The summed E-state index contributed by atoms with van der Waals surface area (Å²) in [5.74, 6) is 0.800.